The van der Waals surface area contributed by atoms with Crippen LogP contribution in [-0.2, 0) is 28.6 Å². The summed E-state index contributed by atoms with van der Waals surface area (Å²) in [7, 11) is 0. The average molecular weight is 1100 g/mol. The van der Waals surface area contributed by atoms with E-state index >= 15 is 0 Å². The third kappa shape index (κ3) is 65.0. The lowest BCUT2D eigenvalue weighted by atomic mass is 10.0. The molecule has 1 unspecified atom stereocenters. The average Bonchev–Trinajstić information content (AvgIpc) is 3.44. The smallest absolute Gasteiger partial charge is 0.306 e. The number of hydrogen-bond acceptors (Lipinski definition) is 6. The van der Waals surface area contributed by atoms with Crippen molar-refractivity contribution < 1.29 is 28.6 Å². The Balaban J connectivity index is 4.09. The minimum absolute atomic E-state index is 0.0660. The Bertz CT molecular complexity index is 1210. The molecule has 0 spiro atoms. The third-order valence-electron chi connectivity index (χ3n) is 16.5. The molecule has 0 aliphatic rings. The van der Waals surface area contributed by atoms with Crippen molar-refractivity contribution in [2.45, 2.75) is 419 Å². The highest BCUT2D eigenvalue weighted by Crippen LogP contribution is 2.19. The van der Waals surface area contributed by atoms with Crippen LogP contribution in [0, 0.1) is 0 Å². The maximum Gasteiger partial charge on any atom is 0.306 e. The lowest BCUT2D eigenvalue weighted by Gasteiger charge is -2.18. The topological polar surface area (TPSA) is 78.9 Å². The summed E-state index contributed by atoms with van der Waals surface area (Å²) in [5.74, 6) is -0.844. The molecule has 0 heterocycles. The van der Waals surface area contributed by atoms with Crippen molar-refractivity contribution in [3.63, 3.8) is 0 Å². The molecule has 0 N–H and O–H groups in total. The molecule has 0 amide bonds. The summed E-state index contributed by atoms with van der Waals surface area (Å²) in [6.07, 6.45) is 81.3. The Hall–Kier alpha value is -1.85. The first-order chi connectivity index (χ1) is 38.5. The summed E-state index contributed by atoms with van der Waals surface area (Å²) in [6.45, 7) is 6.66. The fourth-order valence-electron chi connectivity index (χ4n) is 11.2. The highest BCUT2D eigenvalue weighted by Gasteiger charge is 2.19. The second-order valence-electron chi connectivity index (χ2n) is 24.5. The number of unbranched alkanes of at least 4 members (excludes halogenated alkanes) is 54. The molecule has 0 aromatic heterocycles. The van der Waals surface area contributed by atoms with E-state index in [1.165, 1.54) is 302 Å². The summed E-state index contributed by atoms with van der Waals surface area (Å²) in [5, 5.41) is 0. The molecule has 0 aliphatic heterocycles. The van der Waals surface area contributed by atoms with E-state index in [2.05, 4.69) is 32.9 Å². The minimum Gasteiger partial charge on any atom is -0.462 e. The summed E-state index contributed by atoms with van der Waals surface area (Å²) < 4.78 is 17.0. The van der Waals surface area contributed by atoms with E-state index in [1.807, 2.05) is 0 Å². The Kier molecular flexibility index (Phi) is 66.0. The van der Waals surface area contributed by atoms with E-state index < -0.39 is 6.10 Å². The van der Waals surface area contributed by atoms with Crippen molar-refractivity contribution in [3.8, 4) is 0 Å². The lowest BCUT2D eigenvalue weighted by molar-refractivity contribution is -0.167. The van der Waals surface area contributed by atoms with Gasteiger partial charge in [0.25, 0.3) is 0 Å². The van der Waals surface area contributed by atoms with Crippen LogP contribution >= 0.6 is 0 Å². The predicted molar refractivity (Wildman–Crippen MR) is 340 cm³/mol. The van der Waals surface area contributed by atoms with Crippen molar-refractivity contribution in [3.05, 3.63) is 12.2 Å². The van der Waals surface area contributed by atoms with Gasteiger partial charge in [0.05, 0.1) is 0 Å². The predicted octanol–water partition coefficient (Wildman–Crippen LogP) is 24.4. The zero-order valence-electron chi connectivity index (χ0n) is 53.2. The minimum atomic E-state index is -0.769. The van der Waals surface area contributed by atoms with Crippen molar-refractivity contribution in [1.82, 2.24) is 0 Å². The number of carbonyl (C=O) groups is 3. The zero-order valence-corrected chi connectivity index (χ0v) is 53.2. The number of ether oxygens (including phenoxy) is 3. The molecule has 0 aliphatic carbocycles. The molecule has 0 aromatic rings. The van der Waals surface area contributed by atoms with Gasteiger partial charge in [-0.3, -0.25) is 14.4 Å². The molecule has 0 saturated carbocycles. The molecule has 0 bridgehead atoms. The number of rotatable bonds is 67. The van der Waals surface area contributed by atoms with Crippen LogP contribution in [0.2, 0.25) is 0 Å². The number of esters is 3. The van der Waals surface area contributed by atoms with Gasteiger partial charge in [0, 0.05) is 19.3 Å². The Morgan fingerprint density at radius 3 is 0.692 bits per heavy atom. The van der Waals surface area contributed by atoms with Crippen LogP contribution in [0.25, 0.3) is 0 Å². The monoisotopic (exact) mass is 1100 g/mol. The normalized spacial score (nSPS) is 12.0. The molecule has 78 heavy (non-hydrogen) atoms. The maximum atomic E-state index is 12.9. The highest BCUT2D eigenvalue weighted by molar-refractivity contribution is 5.71. The van der Waals surface area contributed by atoms with Gasteiger partial charge in [-0.15, -0.1) is 0 Å². The largest absolute Gasteiger partial charge is 0.462 e. The number of carbonyl (C=O) groups excluding carboxylic acids is 3. The standard InChI is InChI=1S/C72H138O6/c1-4-7-10-13-16-19-22-24-26-28-30-32-34-35-36-37-38-39-41-42-44-46-48-50-53-56-59-62-65-71(74)77-68-69(67-76-70(73)64-61-58-55-52-21-18-15-12-9-6-3)78-72(75)66-63-60-57-54-51-49-47-45-43-40-33-31-29-27-25-23-20-17-14-11-8-5-2/h12,15,69H,4-11,13-14,16-68H2,1-3H3/b15-12-. The second-order valence-corrected chi connectivity index (χ2v) is 24.5. The van der Waals surface area contributed by atoms with Gasteiger partial charge in [-0.2, -0.15) is 0 Å². The summed E-state index contributed by atoms with van der Waals surface area (Å²) in [4.78, 5) is 38.3. The van der Waals surface area contributed by atoms with Gasteiger partial charge in [0.2, 0.25) is 0 Å². The molecule has 6 nitrogen and oxygen atoms in total. The van der Waals surface area contributed by atoms with E-state index in [1.54, 1.807) is 0 Å². The lowest BCUT2D eigenvalue weighted by Crippen LogP contribution is -2.30. The Labute approximate surface area is 488 Å². The van der Waals surface area contributed by atoms with Gasteiger partial charge in [0.15, 0.2) is 6.10 Å². The fourth-order valence-corrected chi connectivity index (χ4v) is 11.2. The molecule has 0 saturated heterocycles. The van der Waals surface area contributed by atoms with E-state index in [4.69, 9.17) is 14.2 Å². The molecule has 0 radical (unpaired) electrons. The van der Waals surface area contributed by atoms with Gasteiger partial charge in [-0.1, -0.05) is 367 Å². The summed E-state index contributed by atoms with van der Waals surface area (Å²) in [6, 6.07) is 0. The molecule has 0 aromatic carbocycles. The molecular formula is C72H138O6. The number of allylic oxidation sites excluding steroid dienone is 2. The summed E-state index contributed by atoms with van der Waals surface area (Å²) in [5.41, 5.74) is 0. The van der Waals surface area contributed by atoms with E-state index in [0.717, 1.165) is 70.6 Å². The second kappa shape index (κ2) is 67.7. The van der Waals surface area contributed by atoms with E-state index in [0.29, 0.717) is 19.3 Å². The van der Waals surface area contributed by atoms with Crippen LogP contribution in [0.3, 0.4) is 0 Å². The van der Waals surface area contributed by atoms with Crippen LogP contribution in [0.4, 0.5) is 0 Å². The zero-order chi connectivity index (χ0) is 56.4. The Morgan fingerprint density at radius 2 is 0.449 bits per heavy atom. The van der Waals surface area contributed by atoms with Gasteiger partial charge in [-0.25, -0.2) is 0 Å². The van der Waals surface area contributed by atoms with Crippen molar-refractivity contribution in [2.24, 2.45) is 0 Å². The van der Waals surface area contributed by atoms with Gasteiger partial charge < -0.3 is 14.2 Å². The third-order valence-corrected chi connectivity index (χ3v) is 16.5. The first kappa shape index (κ1) is 76.1. The molecule has 0 rings (SSSR count). The summed E-state index contributed by atoms with van der Waals surface area (Å²) >= 11 is 0. The molecule has 1 atom stereocenters. The van der Waals surface area contributed by atoms with Crippen LogP contribution in [0.1, 0.15) is 412 Å². The maximum absolute atomic E-state index is 12.9. The van der Waals surface area contributed by atoms with Crippen LogP contribution in [0.15, 0.2) is 12.2 Å². The van der Waals surface area contributed by atoms with Gasteiger partial charge in [0.1, 0.15) is 13.2 Å². The van der Waals surface area contributed by atoms with Crippen molar-refractivity contribution in [1.29, 1.82) is 0 Å². The quantitative estimate of drug-likeness (QED) is 0.0261. The fraction of sp³-hybridized carbons (Fsp3) is 0.931. The van der Waals surface area contributed by atoms with Crippen LogP contribution in [0.5, 0.6) is 0 Å². The first-order valence-electron chi connectivity index (χ1n) is 35.7. The van der Waals surface area contributed by atoms with Crippen molar-refractivity contribution in [2.75, 3.05) is 13.2 Å². The highest BCUT2D eigenvalue weighted by atomic mass is 16.6. The first-order valence-corrected chi connectivity index (χ1v) is 35.7. The van der Waals surface area contributed by atoms with E-state index in [9.17, 15) is 14.4 Å². The van der Waals surface area contributed by atoms with Gasteiger partial charge >= 0.3 is 17.9 Å². The SMILES string of the molecule is CCC/C=C\CCCCCCCC(=O)OCC(COC(=O)CCCCCCCCCCCCCCCCCCCCCCCCCCCCCC)OC(=O)CCCCCCCCCCCCCCCCCCCCCCCC. The molecular weight excluding hydrogens is 961 g/mol. The number of hydrogen-bond donors (Lipinski definition) is 0. The van der Waals surface area contributed by atoms with Gasteiger partial charge in [-0.05, 0) is 38.5 Å². The van der Waals surface area contributed by atoms with Crippen LogP contribution < -0.4 is 0 Å². The van der Waals surface area contributed by atoms with Crippen molar-refractivity contribution >= 4 is 17.9 Å². The van der Waals surface area contributed by atoms with E-state index in [-0.39, 0.29) is 31.1 Å². The molecule has 6 heteroatoms. The van der Waals surface area contributed by atoms with Crippen LogP contribution in [-0.4, -0.2) is 37.2 Å². The Morgan fingerprint density at radius 1 is 0.244 bits per heavy atom. The molecule has 462 valence electrons. The molecule has 0 fully saturated rings.